The zero-order valence-corrected chi connectivity index (χ0v) is 16.7. The number of benzene rings is 1. The zero-order valence-electron chi connectivity index (χ0n) is 16.0. The number of halogens is 5. The fourth-order valence-electron chi connectivity index (χ4n) is 4.32. The van der Waals surface area contributed by atoms with Gasteiger partial charge in [-0.3, -0.25) is 0 Å². The predicted octanol–water partition coefficient (Wildman–Crippen LogP) is 8.29. The van der Waals surface area contributed by atoms with E-state index in [0.29, 0.717) is 5.92 Å². The zero-order chi connectivity index (χ0) is 20.3. The highest BCUT2D eigenvalue weighted by Gasteiger charge is 2.30. The van der Waals surface area contributed by atoms with Crippen LogP contribution in [0.15, 0.2) is 47.3 Å². The van der Waals surface area contributed by atoms with E-state index in [1.54, 1.807) is 6.08 Å². The summed E-state index contributed by atoms with van der Waals surface area (Å²) in [5.41, 5.74) is 0.366. The number of allylic oxidation sites excluding steroid dienone is 5. The van der Waals surface area contributed by atoms with Crippen molar-refractivity contribution in [3.05, 3.63) is 63.7 Å². The summed E-state index contributed by atoms with van der Waals surface area (Å²) in [6.07, 6.45) is 8.35. The van der Waals surface area contributed by atoms with Crippen LogP contribution < -0.4 is 0 Å². The Bertz CT molecular complexity index is 801. The molecule has 3 rings (SSSR count). The molecule has 0 nitrogen and oxygen atoms in total. The van der Waals surface area contributed by atoms with Crippen molar-refractivity contribution >= 4 is 17.4 Å². The summed E-state index contributed by atoms with van der Waals surface area (Å²) in [5.74, 6) is -2.33. The Kier molecular flexibility index (Phi) is 7.03. The smallest absolute Gasteiger partial charge is 0.166 e. The van der Waals surface area contributed by atoms with E-state index in [1.165, 1.54) is 25.0 Å². The molecular formula is C23H25ClF4. The highest BCUT2D eigenvalue weighted by atomic mass is 35.5. The average molecular weight is 413 g/mol. The van der Waals surface area contributed by atoms with Gasteiger partial charge in [0, 0.05) is 17.6 Å². The lowest BCUT2D eigenvalue weighted by molar-refractivity contribution is 0.272. The second-order valence-electron chi connectivity index (χ2n) is 7.80. The molecule has 0 aliphatic heterocycles. The van der Waals surface area contributed by atoms with E-state index in [2.05, 4.69) is 6.92 Å². The second-order valence-corrected chi connectivity index (χ2v) is 8.21. The van der Waals surface area contributed by atoms with Gasteiger partial charge >= 0.3 is 0 Å². The van der Waals surface area contributed by atoms with Crippen molar-refractivity contribution in [3.8, 4) is 0 Å². The maximum atomic E-state index is 14.7. The highest BCUT2D eigenvalue weighted by Crippen LogP contribution is 2.41. The Morgan fingerprint density at radius 1 is 1.07 bits per heavy atom. The third kappa shape index (κ3) is 4.71. The molecule has 0 amide bonds. The lowest BCUT2D eigenvalue weighted by Crippen LogP contribution is -2.20. The third-order valence-corrected chi connectivity index (χ3v) is 6.22. The first-order valence-electron chi connectivity index (χ1n) is 9.96. The number of alkyl halides is 1. The first-order valence-corrected chi connectivity index (χ1v) is 10.3. The standard InChI is InChI=1S/C23H25ClF4/c1-2-3-14-4-6-15(7-5-14)16-8-10-18(20(25)12-16)23(28)22(27)17-9-11-19(24)21(26)13-17/h8-11,13-15,20H,2-7,12H2,1H3/b23-22+. The maximum absolute atomic E-state index is 14.7. The van der Waals surface area contributed by atoms with Gasteiger partial charge in [0.05, 0.1) is 5.02 Å². The molecule has 1 aromatic carbocycles. The molecule has 1 saturated carbocycles. The molecule has 1 aromatic rings. The molecule has 0 bridgehead atoms. The monoisotopic (exact) mass is 412 g/mol. The third-order valence-electron chi connectivity index (χ3n) is 5.92. The van der Waals surface area contributed by atoms with Crippen molar-refractivity contribution in [1.29, 1.82) is 0 Å². The van der Waals surface area contributed by atoms with Crippen LogP contribution in [-0.4, -0.2) is 6.17 Å². The molecule has 2 aliphatic rings. The largest absolute Gasteiger partial charge is 0.242 e. The van der Waals surface area contributed by atoms with E-state index < -0.39 is 23.6 Å². The Labute approximate surface area is 169 Å². The summed E-state index contributed by atoms with van der Waals surface area (Å²) < 4.78 is 57.2. The summed E-state index contributed by atoms with van der Waals surface area (Å²) in [6, 6.07) is 3.13. The van der Waals surface area contributed by atoms with Gasteiger partial charge in [0.2, 0.25) is 0 Å². The van der Waals surface area contributed by atoms with Crippen LogP contribution in [0, 0.1) is 17.7 Å². The fraction of sp³-hybridized carbons (Fsp3) is 0.478. The normalized spacial score (nSPS) is 26.4. The highest BCUT2D eigenvalue weighted by molar-refractivity contribution is 6.30. The van der Waals surface area contributed by atoms with Gasteiger partial charge in [-0.2, -0.15) is 0 Å². The lowest BCUT2D eigenvalue weighted by atomic mass is 9.74. The van der Waals surface area contributed by atoms with Gasteiger partial charge in [-0.15, -0.1) is 0 Å². The minimum Gasteiger partial charge on any atom is -0.242 e. The average Bonchev–Trinajstić information content (AvgIpc) is 2.70. The van der Waals surface area contributed by atoms with Crippen LogP contribution in [0.4, 0.5) is 17.6 Å². The van der Waals surface area contributed by atoms with Crippen LogP contribution in [0.5, 0.6) is 0 Å². The van der Waals surface area contributed by atoms with Gasteiger partial charge in [0.1, 0.15) is 12.0 Å². The number of rotatable bonds is 5. The summed E-state index contributed by atoms with van der Waals surface area (Å²) in [4.78, 5) is 0. The molecule has 152 valence electrons. The quantitative estimate of drug-likeness (QED) is 0.426. The molecule has 28 heavy (non-hydrogen) atoms. The van der Waals surface area contributed by atoms with E-state index in [-0.39, 0.29) is 22.6 Å². The molecule has 5 heteroatoms. The summed E-state index contributed by atoms with van der Waals surface area (Å²) in [6.45, 7) is 2.19. The van der Waals surface area contributed by atoms with Gasteiger partial charge in [0.15, 0.2) is 11.7 Å². The molecule has 0 radical (unpaired) electrons. The molecule has 0 N–H and O–H groups in total. The fourth-order valence-corrected chi connectivity index (χ4v) is 4.43. The number of hydrogen-bond acceptors (Lipinski definition) is 0. The van der Waals surface area contributed by atoms with Crippen LogP contribution >= 0.6 is 11.6 Å². The number of hydrogen-bond donors (Lipinski definition) is 0. The van der Waals surface area contributed by atoms with Gasteiger partial charge in [-0.25, -0.2) is 17.6 Å². The minimum atomic E-state index is -1.60. The molecule has 1 unspecified atom stereocenters. The van der Waals surface area contributed by atoms with Gasteiger partial charge in [-0.05, 0) is 49.7 Å². The first kappa shape index (κ1) is 21.2. The Balaban J connectivity index is 1.76. The van der Waals surface area contributed by atoms with Crippen molar-refractivity contribution < 1.29 is 17.6 Å². The van der Waals surface area contributed by atoms with Crippen molar-refractivity contribution in [3.63, 3.8) is 0 Å². The van der Waals surface area contributed by atoms with E-state index in [1.807, 2.05) is 0 Å². The van der Waals surface area contributed by atoms with Crippen molar-refractivity contribution in [2.45, 2.75) is 58.0 Å². The van der Waals surface area contributed by atoms with Crippen LogP contribution in [0.25, 0.3) is 5.83 Å². The molecule has 1 atom stereocenters. The van der Waals surface area contributed by atoms with E-state index >= 15 is 0 Å². The van der Waals surface area contributed by atoms with Crippen molar-refractivity contribution in [2.75, 3.05) is 0 Å². The maximum Gasteiger partial charge on any atom is 0.166 e. The molecular weight excluding hydrogens is 388 g/mol. The van der Waals surface area contributed by atoms with Crippen LogP contribution in [0.3, 0.4) is 0 Å². The predicted molar refractivity (Wildman–Crippen MR) is 107 cm³/mol. The van der Waals surface area contributed by atoms with E-state index in [0.717, 1.165) is 49.3 Å². The van der Waals surface area contributed by atoms with Gasteiger partial charge in [0.25, 0.3) is 0 Å². The molecule has 0 aromatic heterocycles. The minimum absolute atomic E-state index is 0.0879. The van der Waals surface area contributed by atoms with Crippen LogP contribution in [0.1, 0.15) is 57.4 Å². The SMILES string of the molecule is CCCC1CCC(C2=CC=C(/C(F)=C(\F)c3ccc(Cl)c(F)c3)C(F)C2)CC1. The van der Waals surface area contributed by atoms with E-state index in [9.17, 15) is 17.6 Å². The molecule has 1 fully saturated rings. The first-order chi connectivity index (χ1) is 13.4. The Hall–Kier alpha value is -1.55. The van der Waals surface area contributed by atoms with Crippen molar-refractivity contribution in [1.82, 2.24) is 0 Å². The van der Waals surface area contributed by atoms with Gasteiger partial charge in [-0.1, -0.05) is 55.2 Å². The second kappa shape index (κ2) is 9.30. The van der Waals surface area contributed by atoms with Crippen LogP contribution in [0.2, 0.25) is 5.02 Å². The summed E-state index contributed by atoms with van der Waals surface area (Å²) >= 11 is 5.57. The molecule has 0 spiro atoms. The molecule has 0 saturated heterocycles. The lowest BCUT2D eigenvalue weighted by Gasteiger charge is -2.32. The molecule has 2 aliphatic carbocycles. The van der Waals surface area contributed by atoms with Crippen LogP contribution in [-0.2, 0) is 0 Å². The summed E-state index contributed by atoms with van der Waals surface area (Å²) in [7, 11) is 0. The summed E-state index contributed by atoms with van der Waals surface area (Å²) in [5, 5.41) is -0.182. The topological polar surface area (TPSA) is 0 Å². The molecule has 0 heterocycles. The Morgan fingerprint density at radius 3 is 2.39 bits per heavy atom. The van der Waals surface area contributed by atoms with Gasteiger partial charge < -0.3 is 0 Å². The van der Waals surface area contributed by atoms with E-state index in [4.69, 9.17) is 11.6 Å². The Morgan fingerprint density at radius 2 is 1.79 bits per heavy atom. The van der Waals surface area contributed by atoms with Crippen molar-refractivity contribution in [2.24, 2.45) is 11.8 Å².